The molecular formula is C30H24FN3O3. The fourth-order valence-corrected chi connectivity index (χ4v) is 4.11. The summed E-state index contributed by atoms with van der Waals surface area (Å²) in [6, 6.07) is 28.9. The molecule has 4 aromatic carbocycles. The third-order valence-corrected chi connectivity index (χ3v) is 6.01. The molecule has 1 heterocycles. The number of fused-ring (bicyclic) bond motifs is 1. The number of amides is 1. The van der Waals surface area contributed by atoms with Crippen LogP contribution in [-0.2, 0) is 11.3 Å². The summed E-state index contributed by atoms with van der Waals surface area (Å²) in [6.07, 6.45) is 0. The highest BCUT2D eigenvalue weighted by molar-refractivity contribution is 5.94. The van der Waals surface area contributed by atoms with Gasteiger partial charge in [-0.05, 0) is 60.2 Å². The molecule has 1 amide bonds. The summed E-state index contributed by atoms with van der Waals surface area (Å²) >= 11 is 0. The average molecular weight is 494 g/mol. The maximum atomic E-state index is 13.9. The summed E-state index contributed by atoms with van der Waals surface area (Å²) in [5.41, 5.74) is 3.29. The Bertz CT molecular complexity index is 1590. The molecule has 0 aliphatic carbocycles. The first-order chi connectivity index (χ1) is 18.0. The van der Waals surface area contributed by atoms with E-state index in [1.54, 1.807) is 60.1 Å². The standard InChI is InChI=1S/C30H24FN3O3/c1-2-37-30(36)27-18-28(23-12-11-20-7-3-4-8-22(20)17-23)34(33-27)25-15-13-21(14-16-25)29(35)32-19-24-9-5-6-10-26(24)31/h3-18H,2,19H2,1H3,(H,32,35). The molecule has 1 N–H and O–H groups in total. The van der Waals surface area contributed by atoms with E-state index in [-0.39, 0.29) is 30.6 Å². The molecule has 7 heteroatoms. The Morgan fingerprint density at radius 2 is 1.62 bits per heavy atom. The first kappa shape index (κ1) is 23.9. The van der Waals surface area contributed by atoms with Gasteiger partial charge in [0.2, 0.25) is 0 Å². The van der Waals surface area contributed by atoms with Crippen molar-refractivity contribution in [2.45, 2.75) is 13.5 Å². The van der Waals surface area contributed by atoms with Crippen molar-refractivity contribution in [1.82, 2.24) is 15.1 Å². The fourth-order valence-electron chi connectivity index (χ4n) is 4.11. The first-order valence-electron chi connectivity index (χ1n) is 11.9. The minimum absolute atomic E-state index is 0.0847. The van der Waals surface area contributed by atoms with E-state index in [9.17, 15) is 14.0 Å². The number of aromatic nitrogens is 2. The van der Waals surface area contributed by atoms with Crippen molar-refractivity contribution in [1.29, 1.82) is 0 Å². The number of halogens is 1. The Kier molecular flexibility index (Phi) is 6.76. The third kappa shape index (κ3) is 5.11. The molecule has 5 rings (SSSR count). The quantitative estimate of drug-likeness (QED) is 0.285. The van der Waals surface area contributed by atoms with Gasteiger partial charge in [0.1, 0.15) is 5.82 Å². The molecule has 0 saturated heterocycles. The van der Waals surface area contributed by atoms with Gasteiger partial charge in [-0.2, -0.15) is 5.10 Å². The van der Waals surface area contributed by atoms with Gasteiger partial charge in [-0.15, -0.1) is 0 Å². The molecule has 37 heavy (non-hydrogen) atoms. The Balaban J connectivity index is 1.45. The highest BCUT2D eigenvalue weighted by Gasteiger charge is 2.18. The van der Waals surface area contributed by atoms with Crippen LogP contribution in [0.2, 0.25) is 0 Å². The first-order valence-corrected chi connectivity index (χ1v) is 11.9. The maximum Gasteiger partial charge on any atom is 0.358 e. The molecule has 0 fully saturated rings. The highest BCUT2D eigenvalue weighted by Crippen LogP contribution is 2.28. The molecule has 0 bridgehead atoms. The number of rotatable bonds is 7. The number of esters is 1. The minimum Gasteiger partial charge on any atom is -0.461 e. The number of hydrogen-bond donors (Lipinski definition) is 1. The van der Waals surface area contributed by atoms with E-state index in [4.69, 9.17) is 4.74 Å². The zero-order valence-electron chi connectivity index (χ0n) is 20.1. The molecule has 0 aliphatic rings. The molecule has 0 spiro atoms. The van der Waals surface area contributed by atoms with Crippen molar-refractivity contribution in [3.05, 3.63) is 120 Å². The Morgan fingerprint density at radius 1 is 0.892 bits per heavy atom. The topological polar surface area (TPSA) is 73.2 Å². The predicted octanol–water partition coefficient (Wildman–Crippen LogP) is 5.94. The molecule has 184 valence electrons. The lowest BCUT2D eigenvalue weighted by atomic mass is 10.0. The van der Waals surface area contributed by atoms with Crippen LogP contribution in [0.25, 0.3) is 27.7 Å². The van der Waals surface area contributed by atoms with Gasteiger partial charge in [0.05, 0.1) is 18.0 Å². The largest absolute Gasteiger partial charge is 0.461 e. The number of carbonyl (C=O) groups is 2. The van der Waals surface area contributed by atoms with E-state index in [2.05, 4.69) is 10.4 Å². The second-order valence-electron chi connectivity index (χ2n) is 8.43. The van der Waals surface area contributed by atoms with Gasteiger partial charge in [-0.25, -0.2) is 13.9 Å². The van der Waals surface area contributed by atoms with Crippen molar-refractivity contribution in [3.63, 3.8) is 0 Å². The van der Waals surface area contributed by atoms with E-state index in [0.717, 1.165) is 16.3 Å². The van der Waals surface area contributed by atoms with Gasteiger partial charge in [-0.1, -0.05) is 54.6 Å². The van der Waals surface area contributed by atoms with Gasteiger partial charge >= 0.3 is 5.97 Å². The van der Waals surface area contributed by atoms with Crippen LogP contribution >= 0.6 is 0 Å². The summed E-state index contributed by atoms with van der Waals surface area (Å²) in [6.45, 7) is 2.07. The summed E-state index contributed by atoms with van der Waals surface area (Å²) in [5, 5.41) is 9.42. The highest BCUT2D eigenvalue weighted by atomic mass is 19.1. The number of ether oxygens (including phenoxy) is 1. The zero-order chi connectivity index (χ0) is 25.8. The smallest absolute Gasteiger partial charge is 0.358 e. The van der Waals surface area contributed by atoms with Gasteiger partial charge in [0.25, 0.3) is 5.91 Å². The fraction of sp³-hybridized carbons (Fsp3) is 0.100. The molecule has 0 radical (unpaired) electrons. The van der Waals surface area contributed by atoms with Crippen molar-refractivity contribution in [2.75, 3.05) is 6.61 Å². The third-order valence-electron chi connectivity index (χ3n) is 6.01. The van der Waals surface area contributed by atoms with Crippen molar-refractivity contribution >= 4 is 22.6 Å². The maximum absolute atomic E-state index is 13.9. The lowest BCUT2D eigenvalue weighted by Gasteiger charge is -2.10. The molecule has 0 aliphatic heterocycles. The molecular weight excluding hydrogens is 469 g/mol. The second-order valence-corrected chi connectivity index (χ2v) is 8.43. The number of hydrogen-bond acceptors (Lipinski definition) is 4. The average Bonchev–Trinajstić information content (AvgIpc) is 3.38. The van der Waals surface area contributed by atoms with Gasteiger partial charge in [0, 0.05) is 23.2 Å². The number of benzene rings is 4. The number of carbonyl (C=O) groups excluding carboxylic acids is 2. The van der Waals surface area contributed by atoms with Gasteiger partial charge < -0.3 is 10.1 Å². The molecule has 0 atom stereocenters. The molecule has 6 nitrogen and oxygen atoms in total. The lowest BCUT2D eigenvalue weighted by Crippen LogP contribution is -2.23. The zero-order valence-corrected chi connectivity index (χ0v) is 20.1. The minimum atomic E-state index is -0.507. The van der Waals surface area contributed by atoms with Crippen LogP contribution in [0.15, 0.2) is 97.1 Å². The lowest BCUT2D eigenvalue weighted by molar-refractivity contribution is 0.0518. The Labute approximate surface area is 213 Å². The SMILES string of the molecule is CCOC(=O)c1cc(-c2ccc3ccccc3c2)n(-c2ccc(C(=O)NCc3ccccc3F)cc2)n1. The van der Waals surface area contributed by atoms with E-state index < -0.39 is 5.97 Å². The van der Waals surface area contributed by atoms with E-state index in [0.29, 0.717) is 22.5 Å². The van der Waals surface area contributed by atoms with Crippen LogP contribution in [0.3, 0.4) is 0 Å². The number of nitrogens with zero attached hydrogens (tertiary/aromatic N) is 2. The van der Waals surface area contributed by atoms with E-state index in [1.807, 2.05) is 42.5 Å². The van der Waals surface area contributed by atoms with Crippen LogP contribution in [0.4, 0.5) is 4.39 Å². The molecule has 0 unspecified atom stereocenters. The van der Waals surface area contributed by atoms with Crippen LogP contribution in [-0.4, -0.2) is 28.3 Å². The Morgan fingerprint density at radius 3 is 2.38 bits per heavy atom. The molecule has 1 aromatic heterocycles. The van der Waals surface area contributed by atoms with Crippen LogP contribution in [0, 0.1) is 5.82 Å². The van der Waals surface area contributed by atoms with E-state index >= 15 is 0 Å². The summed E-state index contributed by atoms with van der Waals surface area (Å²) in [7, 11) is 0. The van der Waals surface area contributed by atoms with Crippen molar-refractivity contribution in [3.8, 4) is 16.9 Å². The normalized spacial score (nSPS) is 10.9. The van der Waals surface area contributed by atoms with E-state index in [1.165, 1.54) is 6.07 Å². The van der Waals surface area contributed by atoms with Gasteiger partial charge in [0.15, 0.2) is 5.69 Å². The molecule has 0 saturated carbocycles. The summed E-state index contributed by atoms with van der Waals surface area (Å²) in [5.74, 6) is -1.19. The van der Waals surface area contributed by atoms with Crippen LogP contribution < -0.4 is 5.32 Å². The van der Waals surface area contributed by atoms with Crippen LogP contribution in [0.5, 0.6) is 0 Å². The monoisotopic (exact) mass is 493 g/mol. The summed E-state index contributed by atoms with van der Waals surface area (Å²) in [4.78, 5) is 25.1. The van der Waals surface area contributed by atoms with Crippen molar-refractivity contribution < 1.29 is 18.7 Å². The second kappa shape index (κ2) is 10.5. The molecule has 5 aromatic rings. The predicted molar refractivity (Wildman–Crippen MR) is 140 cm³/mol. The Hall–Kier alpha value is -4.78. The van der Waals surface area contributed by atoms with Crippen LogP contribution in [0.1, 0.15) is 33.3 Å². The summed E-state index contributed by atoms with van der Waals surface area (Å²) < 4.78 is 20.7. The van der Waals surface area contributed by atoms with Gasteiger partial charge in [-0.3, -0.25) is 4.79 Å². The number of nitrogens with one attached hydrogen (secondary N) is 1. The van der Waals surface area contributed by atoms with Crippen molar-refractivity contribution in [2.24, 2.45) is 0 Å².